The molecule has 3 aromatic rings. The van der Waals surface area contributed by atoms with Crippen LogP contribution in [0.5, 0.6) is 0 Å². The number of hydrogen-bond acceptors (Lipinski definition) is 4. The van der Waals surface area contributed by atoms with Crippen molar-refractivity contribution >= 4 is 49.2 Å². The van der Waals surface area contributed by atoms with Gasteiger partial charge in [0.25, 0.3) is 5.91 Å². The van der Waals surface area contributed by atoms with Crippen LogP contribution in [0.4, 0.5) is 5.82 Å². The van der Waals surface area contributed by atoms with Crippen molar-refractivity contribution in [2.45, 2.75) is 19.3 Å². The maximum atomic E-state index is 12.5. The van der Waals surface area contributed by atoms with Crippen LogP contribution in [0.3, 0.4) is 0 Å². The van der Waals surface area contributed by atoms with Gasteiger partial charge < -0.3 is 5.32 Å². The lowest BCUT2D eigenvalue weighted by atomic mass is 10.1. The van der Waals surface area contributed by atoms with Crippen molar-refractivity contribution < 1.29 is 4.79 Å². The van der Waals surface area contributed by atoms with Gasteiger partial charge in [-0.05, 0) is 52.9 Å². The Morgan fingerprint density at radius 2 is 2.09 bits per heavy atom. The second-order valence-corrected chi connectivity index (χ2v) is 7.13. The van der Waals surface area contributed by atoms with E-state index in [9.17, 15) is 4.79 Å². The SMILES string of the molecule is O=C(Nc1ncnc2sc3c(c12)CCC3)c1ccccc1Br. The molecule has 0 saturated carbocycles. The lowest BCUT2D eigenvalue weighted by molar-refractivity contribution is 0.102. The summed E-state index contributed by atoms with van der Waals surface area (Å²) < 4.78 is 0.772. The zero-order valence-corrected chi connectivity index (χ0v) is 14.0. The molecule has 1 aliphatic rings. The van der Waals surface area contributed by atoms with Crippen molar-refractivity contribution in [3.8, 4) is 0 Å². The van der Waals surface area contributed by atoms with E-state index in [0.717, 1.165) is 27.5 Å². The summed E-state index contributed by atoms with van der Waals surface area (Å²) in [4.78, 5) is 23.5. The first-order valence-corrected chi connectivity index (χ1v) is 8.66. The number of thiophene rings is 1. The monoisotopic (exact) mass is 373 g/mol. The van der Waals surface area contributed by atoms with E-state index in [4.69, 9.17) is 0 Å². The average Bonchev–Trinajstić information content (AvgIpc) is 3.08. The topological polar surface area (TPSA) is 54.9 Å². The standard InChI is InChI=1S/C16H12BrN3OS/c17-11-6-2-1-4-9(11)15(21)20-14-13-10-5-3-7-12(10)22-16(13)19-8-18-14/h1-2,4,6,8H,3,5,7H2,(H,18,19,20,21). The van der Waals surface area contributed by atoms with Gasteiger partial charge in [-0.25, -0.2) is 9.97 Å². The number of nitrogens with one attached hydrogen (secondary N) is 1. The van der Waals surface area contributed by atoms with Crippen LogP contribution in [-0.4, -0.2) is 15.9 Å². The predicted octanol–water partition coefficient (Wildman–Crippen LogP) is 4.19. The number of rotatable bonds is 2. The van der Waals surface area contributed by atoms with Crippen LogP contribution in [0, 0.1) is 0 Å². The van der Waals surface area contributed by atoms with Crippen LogP contribution < -0.4 is 5.32 Å². The lowest BCUT2D eigenvalue weighted by Gasteiger charge is -2.07. The summed E-state index contributed by atoms with van der Waals surface area (Å²) >= 11 is 5.13. The summed E-state index contributed by atoms with van der Waals surface area (Å²) in [6.45, 7) is 0. The molecular formula is C16H12BrN3OS. The molecule has 0 bridgehead atoms. The molecule has 22 heavy (non-hydrogen) atoms. The van der Waals surface area contributed by atoms with Crippen LogP contribution in [0.2, 0.25) is 0 Å². The van der Waals surface area contributed by atoms with E-state index in [-0.39, 0.29) is 5.91 Å². The maximum absolute atomic E-state index is 12.5. The molecule has 2 heterocycles. The molecule has 1 aromatic carbocycles. The summed E-state index contributed by atoms with van der Waals surface area (Å²) in [5, 5.41) is 3.96. The van der Waals surface area contributed by atoms with E-state index in [2.05, 4.69) is 31.2 Å². The Kier molecular flexibility index (Phi) is 3.43. The highest BCUT2D eigenvalue weighted by atomic mass is 79.9. The molecule has 0 aliphatic heterocycles. The van der Waals surface area contributed by atoms with E-state index in [1.165, 1.54) is 23.2 Å². The quantitative estimate of drug-likeness (QED) is 0.732. The molecule has 0 spiro atoms. The summed E-state index contributed by atoms with van der Waals surface area (Å²) in [7, 11) is 0. The minimum atomic E-state index is -0.162. The van der Waals surface area contributed by atoms with Gasteiger partial charge in [-0.15, -0.1) is 11.3 Å². The van der Waals surface area contributed by atoms with Gasteiger partial charge in [0.15, 0.2) is 0 Å². The number of carbonyl (C=O) groups excluding carboxylic acids is 1. The van der Waals surface area contributed by atoms with Crippen LogP contribution in [0.25, 0.3) is 10.2 Å². The normalized spacial score (nSPS) is 13.3. The Hall–Kier alpha value is -1.79. The Labute approximate surface area is 139 Å². The number of hydrogen-bond donors (Lipinski definition) is 1. The van der Waals surface area contributed by atoms with Crippen LogP contribution in [0.1, 0.15) is 27.2 Å². The van der Waals surface area contributed by atoms with E-state index >= 15 is 0 Å². The third-order valence-corrected chi connectivity index (χ3v) is 5.74. The molecule has 1 aliphatic carbocycles. The number of anilines is 1. The Morgan fingerprint density at radius 1 is 1.23 bits per heavy atom. The van der Waals surface area contributed by atoms with E-state index in [1.807, 2.05) is 18.2 Å². The number of benzene rings is 1. The van der Waals surface area contributed by atoms with Crippen molar-refractivity contribution in [3.63, 3.8) is 0 Å². The van der Waals surface area contributed by atoms with Crippen molar-refractivity contribution in [2.24, 2.45) is 0 Å². The molecule has 0 atom stereocenters. The highest BCUT2D eigenvalue weighted by Gasteiger charge is 2.22. The second-order valence-electron chi connectivity index (χ2n) is 5.19. The fourth-order valence-corrected chi connectivity index (χ4v) is 4.54. The molecule has 2 aromatic heterocycles. The zero-order valence-electron chi connectivity index (χ0n) is 11.6. The van der Waals surface area contributed by atoms with Crippen LogP contribution >= 0.6 is 27.3 Å². The largest absolute Gasteiger partial charge is 0.306 e. The molecular weight excluding hydrogens is 362 g/mol. The lowest BCUT2D eigenvalue weighted by Crippen LogP contribution is -2.14. The molecule has 1 N–H and O–H groups in total. The summed E-state index contributed by atoms with van der Waals surface area (Å²) in [5.41, 5.74) is 1.91. The van der Waals surface area contributed by atoms with E-state index in [1.54, 1.807) is 17.4 Å². The number of carbonyl (C=O) groups is 1. The van der Waals surface area contributed by atoms with Gasteiger partial charge in [-0.1, -0.05) is 12.1 Å². The van der Waals surface area contributed by atoms with Crippen LogP contribution in [-0.2, 0) is 12.8 Å². The van der Waals surface area contributed by atoms with Gasteiger partial charge in [-0.2, -0.15) is 0 Å². The Morgan fingerprint density at radius 3 is 2.95 bits per heavy atom. The summed E-state index contributed by atoms with van der Waals surface area (Å²) in [6, 6.07) is 7.37. The predicted molar refractivity (Wildman–Crippen MR) is 91.5 cm³/mol. The first-order chi connectivity index (χ1) is 10.7. The number of amides is 1. The Bertz CT molecular complexity index is 890. The minimum absolute atomic E-state index is 0.162. The molecule has 110 valence electrons. The molecule has 0 unspecified atom stereocenters. The number of nitrogens with zero attached hydrogens (tertiary/aromatic N) is 2. The average molecular weight is 374 g/mol. The molecule has 4 nitrogen and oxygen atoms in total. The molecule has 1 amide bonds. The smallest absolute Gasteiger partial charge is 0.257 e. The van der Waals surface area contributed by atoms with Crippen LogP contribution in [0.15, 0.2) is 35.1 Å². The molecule has 4 rings (SSSR count). The van der Waals surface area contributed by atoms with Gasteiger partial charge in [-0.3, -0.25) is 4.79 Å². The third kappa shape index (κ3) is 2.23. The second kappa shape index (κ2) is 5.44. The van der Waals surface area contributed by atoms with Gasteiger partial charge in [0.2, 0.25) is 0 Å². The maximum Gasteiger partial charge on any atom is 0.257 e. The number of aromatic nitrogens is 2. The van der Waals surface area contributed by atoms with Gasteiger partial charge in [0, 0.05) is 9.35 Å². The Balaban J connectivity index is 1.76. The van der Waals surface area contributed by atoms with Gasteiger partial charge >= 0.3 is 0 Å². The first kappa shape index (κ1) is 13.8. The van der Waals surface area contributed by atoms with Gasteiger partial charge in [0.1, 0.15) is 17.0 Å². The van der Waals surface area contributed by atoms with Crippen molar-refractivity contribution in [1.82, 2.24) is 9.97 Å². The third-order valence-electron chi connectivity index (χ3n) is 3.85. The zero-order chi connectivity index (χ0) is 15.1. The number of fused-ring (bicyclic) bond motifs is 3. The molecule has 0 fully saturated rings. The van der Waals surface area contributed by atoms with Crippen molar-refractivity contribution in [1.29, 1.82) is 0 Å². The van der Waals surface area contributed by atoms with E-state index < -0.39 is 0 Å². The number of halogens is 1. The highest BCUT2D eigenvalue weighted by molar-refractivity contribution is 9.10. The first-order valence-electron chi connectivity index (χ1n) is 7.05. The summed E-state index contributed by atoms with van der Waals surface area (Å²) in [5.74, 6) is 0.454. The minimum Gasteiger partial charge on any atom is -0.306 e. The fraction of sp³-hybridized carbons (Fsp3) is 0.188. The summed E-state index contributed by atoms with van der Waals surface area (Å²) in [6.07, 6.45) is 4.84. The number of aryl methyl sites for hydroxylation is 2. The van der Waals surface area contributed by atoms with E-state index in [0.29, 0.717) is 11.4 Å². The molecule has 0 saturated heterocycles. The molecule has 6 heteroatoms. The van der Waals surface area contributed by atoms with Gasteiger partial charge in [0.05, 0.1) is 10.9 Å². The molecule has 0 radical (unpaired) electrons. The highest BCUT2D eigenvalue weighted by Crippen LogP contribution is 2.39. The van der Waals surface area contributed by atoms with Crippen molar-refractivity contribution in [2.75, 3.05) is 5.32 Å². The van der Waals surface area contributed by atoms with Crippen molar-refractivity contribution in [3.05, 3.63) is 51.1 Å². The fourth-order valence-electron chi connectivity index (χ4n) is 2.84.